The zero-order chi connectivity index (χ0) is 8.97. The lowest BCUT2D eigenvalue weighted by atomic mass is 10.2. The predicted octanol–water partition coefficient (Wildman–Crippen LogP) is 3.65. The van der Waals surface area contributed by atoms with Gasteiger partial charge >= 0.3 is 0 Å². The third kappa shape index (κ3) is 3.24. The Labute approximate surface area is 80.5 Å². The molecule has 0 aliphatic carbocycles. The summed E-state index contributed by atoms with van der Waals surface area (Å²) < 4.78 is 0. The Balaban J connectivity index is 2.71. The van der Waals surface area contributed by atoms with E-state index in [-0.39, 0.29) is 8.80 Å². The molecule has 1 rings (SSSR count). The molecule has 63 valence electrons. The third-order valence-corrected chi connectivity index (χ3v) is 2.56. The molecule has 0 heterocycles. The van der Waals surface area contributed by atoms with Crippen LogP contribution in [0.3, 0.4) is 0 Å². The Hall–Kier alpha value is -0.533. The molecule has 0 fully saturated rings. The monoisotopic (exact) mass is 195 g/mol. The molecule has 0 spiro atoms. The normalized spacial score (nSPS) is 11.3. The molecule has 0 amide bonds. The molecule has 0 aromatic heterocycles. The lowest BCUT2D eigenvalue weighted by molar-refractivity contribution is 1.66. The van der Waals surface area contributed by atoms with Crippen molar-refractivity contribution in [2.24, 2.45) is 0 Å². The predicted molar refractivity (Wildman–Crippen MR) is 58.0 cm³/mol. The zero-order valence-electron chi connectivity index (χ0n) is 7.34. The van der Waals surface area contributed by atoms with Gasteiger partial charge in [0, 0.05) is 5.02 Å². The maximum atomic E-state index is 5.76. The van der Waals surface area contributed by atoms with E-state index in [1.165, 1.54) is 5.56 Å². The molecule has 2 heteroatoms. The van der Waals surface area contributed by atoms with Crippen LogP contribution in [0.2, 0.25) is 18.1 Å². The first-order valence-corrected chi connectivity index (χ1v) is 6.88. The molecule has 0 N–H and O–H groups in total. The highest BCUT2D eigenvalue weighted by Crippen LogP contribution is 2.10. The largest absolute Gasteiger partial charge is 0.0961 e. The van der Waals surface area contributed by atoms with E-state index < -0.39 is 0 Å². The lowest BCUT2D eigenvalue weighted by Gasteiger charge is -1.94. The van der Waals surface area contributed by atoms with Crippen LogP contribution in [0.4, 0.5) is 0 Å². The standard InChI is InChI=1S/C10H12ClSi/c1-12(2)8-7-9-3-5-10(11)6-4-9/h3-8H,1-2H3. The summed E-state index contributed by atoms with van der Waals surface area (Å²) >= 11 is 5.76. The van der Waals surface area contributed by atoms with Gasteiger partial charge in [0.2, 0.25) is 0 Å². The van der Waals surface area contributed by atoms with Gasteiger partial charge in [-0.05, 0) is 17.7 Å². The van der Waals surface area contributed by atoms with E-state index in [1.54, 1.807) is 0 Å². The summed E-state index contributed by atoms with van der Waals surface area (Å²) in [6.45, 7) is 4.52. The molecular weight excluding hydrogens is 184 g/mol. The SMILES string of the molecule is C[Si](C)C=Cc1ccc(Cl)cc1. The van der Waals surface area contributed by atoms with Crippen molar-refractivity contribution in [3.05, 3.63) is 40.6 Å². The van der Waals surface area contributed by atoms with Crippen molar-refractivity contribution >= 4 is 26.5 Å². The fourth-order valence-corrected chi connectivity index (χ4v) is 1.49. The maximum absolute atomic E-state index is 5.76. The van der Waals surface area contributed by atoms with Gasteiger partial charge in [-0.2, -0.15) is 0 Å². The summed E-state index contributed by atoms with van der Waals surface area (Å²) in [5.41, 5.74) is 3.50. The Kier molecular flexibility index (Phi) is 3.57. The molecule has 1 aromatic carbocycles. The van der Waals surface area contributed by atoms with Crippen molar-refractivity contribution in [2.75, 3.05) is 0 Å². The van der Waals surface area contributed by atoms with Crippen LogP contribution in [-0.4, -0.2) is 8.80 Å². The van der Waals surface area contributed by atoms with Gasteiger partial charge in [-0.3, -0.25) is 0 Å². The molecule has 0 saturated heterocycles. The molecule has 0 aliphatic rings. The van der Waals surface area contributed by atoms with E-state index in [0.717, 1.165) is 5.02 Å². The van der Waals surface area contributed by atoms with E-state index in [1.807, 2.05) is 24.3 Å². The fraction of sp³-hybridized carbons (Fsp3) is 0.200. The second-order valence-corrected chi connectivity index (χ2v) is 5.89. The van der Waals surface area contributed by atoms with Crippen LogP contribution in [-0.2, 0) is 0 Å². The summed E-state index contributed by atoms with van der Waals surface area (Å²) in [7, 11) is -0.256. The van der Waals surface area contributed by atoms with Crippen LogP contribution >= 0.6 is 11.6 Å². The molecular formula is C10H12ClSi. The summed E-state index contributed by atoms with van der Waals surface area (Å²) in [5, 5.41) is 0.797. The van der Waals surface area contributed by atoms with Gasteiger partial charge in [0.05, 0.1) is 8.80 Å². The quantitative estimate of drug-likeness (QED) is 0.633. The molecule has 12 heavy (non-hydrogen) atoms. The van der Waals surface area contributed by atoms with Crippen LogP contribution in [0.1, 0.15) is 5.56 Å². The van der Waals surface area contributed by atoms with Crippen molar-refractivity contribution < 1.29 is 0 Å². The van der Waals surface area contributed by atoms with Crippen LogP contribution in [0, 0.1) is 0 Å². The van der Waals surface area contributed by atoms with Crippen molar-refractivity contribution in [3.63, 3.8) is 0 Å². The second kappa shape index (κ2) is 4.48. The first kappa shape index (κ1) is 9.55. The average Bonchev–Trinajstić information content (AvgIpc) is 2.03. The first-order valence-electron chi connectivity index (χ1n) is 3.92. The van der Waals surface area contributed by atoms with Gasteiger partial charge in [0.1, 0.15) is 0 Å². The molecule has 1 aromatic rings. The lowest BCUT2D eigenvalue weighted by Crippen LogP contribution is -1.91. The average molecular weight is 196 g/mol. The van der Waals surface area contributed by atoms with E-state index in [9.17, 15) is 0 Å². The van der Waals surface area contributed by atoms with Crippen LogP contribution in [0.25, 0.3) is 6.08 Å². The summed E-state index contributed by atoms with van der Waals surface area (Å²) in [4.78, 5) is 0. The second-order valence-electron chi connectivity index (χ2n) is 2.96. The Morgan fingerprint density at radius 3 is 2.25 bits per heavy atom. The third-order valence-electron chi connectivity index (χ3n) is 1.48. The van der Waals surface area contributed by atoms with Crippen LogP contribution < -0.4 is 0 Å². The molecule has 0 atom stereocenters. The number of benzene rings is 1. The van der Waals surface area contributed by atoms with Gasteiger partial charge in [-0.1, -0.05) is 48.6 Å². The molecule has 0 unspecified atom stereocenters. The van der Waals surface area contributed by atoms with Gasteiger partial charge in [-0.15, -0.1) is 0 Å². The number of hydrogen-bond donors (Lipinski definition) is 0. The molecule has 0 aliphatic heterocycles. The highest BCUT2D eigenvalue weighted by molar-refractivity contribution is 6.62. The van der Waals surface area contributed by atoms with Gasteiger partial charge in [0.25, 0.3) is 0 Å². The van der Waals surface area contributed by atoms with Crippen molar-refractivity contribution in [3.8, 4) is 0 Å². The van der Waals surface area contributed by atoms with Crippen molar-refractivity contribution in [1.29, 1.82) is 0 Å². The van der Waals surface area contributed by atoms with Gasteiger partial charge < -0.3 is 0 Å². The highest BCUT2D eigenvalue weighted by atomic mass is 35.5. The minimum absolute atomic E-state index is 0.256. The minimum atomic E-state index is -0.256. The van der Waals surface area contributed by atoms with Crippen LogP contribution in [0.15, 0.2) is 30.0 Å². The summed E-state index contributed by atoms with van der Waals surface area (Å²) in [5.74, 6) is 0. The van der Waals surface area contributed by atoms with Gasteiger partial charge in [-0.25, -0.2) is 0 Å². The number of halogens is 1. The summed E-state index contributed by atoms with van der Waals surface area (Å²) in [6, 6.07) is 7.89. The van der Waals surface area contributed by atoms with E-state index in [0.29, 0.717) is 0 Å². The maximum Gasteiger partial charge on any atom is 0.0693 e. The topological polar surface area (TPSA) is 0 Å². The van der Waals surface area contributed by atoms with Crippen molar-refractivity contribution in [1.82, 2.24) is 0 Å². The summed E-state index contributed by atoms with van der Waals surface area (Å²) in [6.07, 6.45) is 2.16. The molecule has 0 nitrogen and oxygen atoms in total. The fourth-order valence-electron chi connectivity index (χ4n) is 0.837. The molecule has 0 bridgehead atoms. The van der Waals surface area contributed by atoms with E-state index in [2.05, 4.69) is 24.9 Å². The number of rotatable bonds is 2. The molecule has 1 radical (unpaired) electrons. The molecule has 0 saturated carbocycles. The van der Waals surface area contributed by atoms with Gasteiger partial charge in [0.15, 0.2) is 0 Å². The Morgan fingerprint density at radius 2 is 1.75 bits per heavy atom. The number of hydrogen-bond acceptors (Lipinski definition) is 0. The van der Waals surface area contributed by atoms with E-state index in [4.69, 9.17) is 11.6 Å². The zero-order valence-corrected chi connectivity index (χ0v) is 9.10. The first-order chi connectivity index (χ1) is 5.68. The smallest absolute Gasteiger partial charge is 0.0693 e. The minimum Gasteiger partial charge on any atom is -0.0961 e. The Bertz CT molecular complexity index is 262. The highest BCUT2D eigenvalue weighted by Gasteiger charge is 1.89. The van der Waals surface area contributed by atoms with Crippen LogP contribution in [0.5, 0.6) is 0 Å². The van der Waals surface area contributed by atoms with E-state index >= 15 is 0 Å². The van der Waals surface area contributed by atoms with Crippen molar-refractivity contribution in [2.45, 2.75) is 13.1 Å². The Morgan fingerprint density at radius 1 is 1.17 bits per heavy atom.